The SMILES string of the molecule is CCCCCCCCCCCCCCCCOP(=O)(O)OCC(O)CO. The lowest BCUT2D eigenvalue weighted by molar-refractivity contribution is 0.0361. The Balaban J connectivity index is 3.27. The van der Waals surface area contributed by atoms with E-state index < -0.39 is 27.1 Å². The van der Waals surface area contributed by atoms with Crippen molar-refractivity contribution in [3.63, 3.8) is 0 Å². The van der Waals surface area contributed by atoms with Crippen LogP contribution in [0, 0.1) is 0 Å². The van der Waals surface area contributed by atoms with E-state index >= 15 is 0 Å². The van der Waals surface area contributed by atoms with Crippen molar-refractivity contribution in [2.75, 3.05) is 19.8 Å². The molecule has 26 heavy (non-hydrogen) atoms. The van der Waals surface area contributed by atoms with E-state index in [-0.39, 0.29) is 6.61 Å². The standard InChI is InChI=1S/C19H41O6P/c1-2-3-4-5-6-7-8-9-10-11-12-13-14-15-16-24-26(22,23)25-18-19(21)17-20/h19-21H,2-18H2,1H3,(H,22,23). The molecule has 0 rings (SSSR count). The molecule has 0 fully saturated rings. The summed E-state index contributed by atoms with van der Waals surface area (Å²) in [6, 6.07) is 0. The van der Waals surface area contributed by atoms with Crippen molar-refractivity contribution in [3.8, 4) is 0 Å². The Labute approximate surface area is 159 Å². The van der Waals surface area contributed by atoms with E-state index in [0.29, 0.717) is 6.42 Å². The Hall–Kier alpha value is 0.0300. The van der Waals surface area contributed by atoms with E-state index in [4.69, 9.17) is 14.7 Å². The Kier molecular flexibility index (Phi) is 18.4. The van der Waals surface area contributed by atoms with Gasteiger partial charge in [-0.1, -0.05) is 90.4 Å². The molecule has 0 bridgehead atoms. The van der Waals surface area contributed by atoms with E-state index in [0.717, 1.165) is 12.8 Å². The lowest BCUT2D eigenvalue weighted by Crippen LogP contribution is -2.18. The first kappa shape index (κ1) is 26.0. The molecule has 6 nitrogen and oxygen atoms in total. The molecule has 0 aromatic rings. The molecule has 2 atom stereocenters. The number of aliphatic hydroxyl groups excluding tert-OH is 2. The summed E-state index contributed by atoms with van der Waals surface area (Å²) in [4.78, 5) is 9.38. The van der Waals surface area contributed by atoms with Gasteiger partial charge < -0.3 is 15.1 Å². The smallest absolute Gasteiger partial charge is 0.394 e. The summed E-state index contributed by atoms with van der Waals surface area (Å²) in [5.74, 6) is 0. The van der Waals surface area contributed by atoms with Crippen molar-refractivity contribution in [2.45, 2.75) is 103 Å². The summed E-state index contributed by atoms with van der Waals surface area (Å²) in [6.07, 6.45) is 16.3. The van der Waals surface area contributed by atoms with Gasteiger partial charge in [0.15, 0.2) is 0 Å². The zero-order valence-corrected chi connectivity index (χ0v) is 17.5. The third-order valence-electron chi connectivity index (χ3n) is 4.39. The number of rotatable bonds is 20. The Morgan fingerprint density at radius 2 is 1.19 bits per heavy atom. The minimum atomic E-state index is -4.12. The highest BCUT2D eigenvalue weighted by molar-refractivity contribution is 7.47. The van der Waals surface area contributed by atoms with Crippen molar-refractivity contribution in [1.82, 2.24) is 0 Å². The molecule has 0 radical (unpaired) electrons. The van der Waals surface area contributed by atoms with Gasteiger partial charge in [0.05, 0.1) is 19.8 Å². The van der Waals surface area contributed by atoms with Crippen molar-refractivity contribution in [2.24, 2.45) is 0 Å². The predicted octanol–water partition coefficient (Wildman–Crippen LogP) is 4.95. The van der Waals surface area contributed by atoms with E-state index in [1.54, 1.807) is 0 Å². The van der Waals surface area contributed by atoms with Crippen molar-refractivity contribution >= 4 is 7.82 Å². The van der Waals surface area contributed by atoms with Crippen LogP contribution < -0.4 is 0 Å². The van der Waals surface area contributed by atoms with Gasteiger partial charge in [-0.05, 0) is 6.42 Å². The molecule has 0 amide bonds. The fourth-order valence-electron chi connectivity index (χ4n) is 2.75. The maximum Gasteiger partial charge on any atom is 0.472 e. The highest BCUT2D eigenvalue weighted by Crippen LogP contribution is 2.43. The number of phosphoric ester groups is 1. The van der Waals surface area contributed by atoms with Gasteiger partial charge in [0.1, 0.15) is 6.10 Å². The largest absolute Gasteiger partial charge is 0.472 e. The first-order valence-corrected chi connectivity index (χ1v) is 11.9. The number of aliphatic hydroxyl groups is 2. The second-order valence-corrected chi connectivity index (χ2v) is 8.48. The van der Waals surface area contributed by atoms with Crippen molar-refractivity contribution < 1.29 is 28.7 Å². The van der Waals surface area contributed by atoms with Crippen LogP contribution in [0.3, 0.4) is 0 Å². The fraction of sp³-hybridized carbons (Fsp3) is 1.00. The molecular weight excluding hydrogens is 355 g/mol. The quantitative estimate of drug-likeness (QED) is 0.199. The Morgan fingerprint density at radius 3 is 1.62 bits per heavy atom. The minimum Gasteiger partial charge on any atom is -0.394 e. The topological polar surface area (TPSA) is 96.2 Å². The van der Waals surface area contributed by atoms with Crippen LogP contribution in [0.5, 0.6) is 0 Å². The molecule has 0 aliphatic carbocycles. The number of hydrogen-bond acceptors (Lipinski definition) is 5. The highest BCUT2D eigenvalue weighted by Gasteiger charge is 2.22. The molecule has 0 aromatic carbocycles. The summed E-state index contributed by atoms with van der Waals surface area (Å²) in [5, 5.41) is 17.7. The number of phosphoric acid groups is 1. The molecule has 0 spiro atoms. The number of hydrogen-bond donors (Lipinski definition) is 3. The maximum atomic E-state index is 11.5. The van der Waals surface area contributed by atoms with Crippen LogP contribution in [0.1, 0.15) is 96.8 Å². The van der Waals surface area contributed by atoms with Gasteiger partial charge in [-0.25, -0.2) is 4.57 Å². The van der Waals surface area contributed by atoms with E-state index in [1.807, 2.05) is 0 Å². The Morgan fingerprint density at radius 1 is 0.769 bits per heavy atom. The molecule has 2 unspecified atom stereocenters. The molecule has 0 aliphatic heterocycles. The van der Waals surface area contributed by atoms with E-state index in [1.165, 1.54) is 70.6 Å². The molecule has 3 N–H and O–H groups in total. The molecule has 7 heteroatoms. The van der Waals surface area contributed by atoms with Crippen LogP contribution in [0.2, 0.25) is 0 Å². The number of unbranched alkanes of at least 4 members (excludes halogenated alkanes) is 13. The Bertz CT molecular complexity index is 340. The average Bonchev–Trinajstić information content (AvgIpc) is 2.63. The van der Waals surface area contributed by atoms with Gasteiger partial charge in [-0.3, -0.25) is 9.05 Å². The van der Waals surface area contributed by atoms with Gasteiger partial charge in [0.2, 0.25) is 0 Å². The van der Waals surface area contributed by atoms with Gasteiger partial charge >= 0.3 is 7.82 Å². The van der Waals surface area contributed by atoms with Crippen molar-refractivity contribution in [1.29, 1.82) is 0 Å². The summed E-state index contributed by atoms with van der Waals surface area (Å²) >= 11 is 0. The van der Waals surface area contributed by atoms with Crippen molar-refractivity contribution in [3.05, 3.63) is 0 Å². The summed E-state index contributed by atoms with van der Waals surface area (Å²) in [6.45, 7) is 1.49. The lowest BCUT2D eigenvalue weighted by Gasteiger charge is -2.13. The van der Waals surface area contributed by atoms with Gasteiger partial charge in [-0.15, -0.1) is 0 Å². The molecule has 0 aromatic heterocycles. The molecule has 0 saturated heterocycles. The lowest BCUT2D eigenvalue weighted by atomic mass is 10.0. The first-order valence-electron chi connectivity index (χ1n) is 10.4. The van der Waals surface area contributed by atoms with Crippen LogP contribution in [0.15, 0.2) is 0 Å². The van der Waals surface area contributed by atoms with E-state index in [2.05, 4.69) is 11.4 Å². The molecular formula is C19H41O6P. The maximum absolute atomic E-state index is 11.5. The first-order chi connectivity index (χ1) is 12.5. The van der Waals surface area contributed by atoms with Crippen LogP contribution in [0.4, 0.5) is 0 Å². The zero-order chi connectivity index (χ0) is 19.5. The second-order valence-electron chi connectivity index (χ2n) is 7.03. The van der Waals surface area contributed by atoms with Crippen LogP contribution in [0.25, 0.3) is 0 Å². The predicted molar refractivity (Wildman–Crippen MR) is 105 cm³/mol. The van der Waals surface area contributed by atoms with Gasteiger partial charge in [0, 0.05) is 0 Å². The summed E-state index contributed by atoms with van der Waals surface area (Å²) in [7, 11) is -4.12. The average molecular weight is 397 g/mol. The summed E-state index contributed by atoms with van der Waals surface area (Å²) < 4.78 is 20.9. The zero-order valence-electron chi connectivity index (χ0n) is 16.6. The molecule has 0 aliphatic rings. The normalized spacial score (nSPS) is 15.1. The highest BCUT2D eigenvalue weighted by atomic mass is 31.2. The second kappa shape index (κ2) is 18.4. The minimum absolute atomic E-state index is 0.168. The monoisotopic (exact) mass is 396 g/mol. The molecule has 0 heterocycles. The van der Waals surface area contributed by atoms with Gasteiger partial charge in [0.25, 0.3) is 0 Å². The van der Waals surface area contributed by atoms with Crippen LogP contribution >= 0.6 is 7.82 Å². The van der Waals surface area contributed by atoms with Gasteiger partial charge in [-0.2, -0.15) is 0 Å². The van der Waals surface area contributed by atoms with Crippen LogP contribution in [-0.4, -0.2) is 41.0 Å². The molecule has 158 valence electrons. The third-order valence-corrected chi connectivity index (χ3v) is 5.38. The van der Waals surface area contributed by atoms with Crippen LogP contribution in [-0.2, 0) is 13.6 Å². The van der Waals surface area contributed by atoms with E-state index in [9.17, 15) is 9.46 Å². The third kappa shape index (κ3) is 18.8. The molecule has 0 saturated carbocycles. The fourth-order valence-corrected chi connectivity index (χ4v) is 3.54. The summed E-state index contributed by atoms with van der Waals surface area (Å²) in [5.41, 5.74) is 0.